The number of nitrogens with one attached hydrogen (secondary N) is 2. The van der Waals surface area contributed by atoms with Crippen LogP contribution in [0.1, 0.15) is 45.5 Å². The lowest BCUT2D eigenvalue weighted by Crippen LogP contribution is -2.42. The van der Waals surface area contributed by atoms with E-state index in [9.17, 15) is 9.59 Å². The molecule has 0 unspecified atom stereocenters. The third kappa shape index (κ3) is 2.08. The summed E-state index contributed by atoms with van der Waals surface area (Å²) >= 11 is 1.27. The molecule has 2 aliphatic heterocycles. The first kappa shape index (κ1) is 11.9. The lowest BCUT2D eigenvalue weighted by atomic mass is 9.95. The fourth-order valence-corrected chi connectivity index (χ4v) is 3.68. The number of amides is 1. The van der Waals surface area contributed by atoms with Gasteiger partial charge in [-0.15, -0.1) is 11.3 Å². The van der Waals surface area contributed by atoms with E-state index in [1.54, 1.807) is 12.1 Å². The number of carbonyl (C=O) groups is 2. The van der Waals surface area contributed by atoms with Crippen molar-refractivity contribution in [3.63, 3.8) is 0 Å². The van der Waals surface area contributed by atoms with E-state index >= 15 is 0 Å². The molecule has 3 heterocycles. The molecule has 2 saturated heterocycles. The highest BCUT2D eigenvalue weighted by atomic mass is 32.1. The first-order chi connectivity index (χ1) is 8.63. The summed E-state index contributed by atoms with van der Waals surface area (Å²) in [5.41, 5.74) is 0. The first-order valence-electron chi connectivity index (χ1n) is 6.31. The van der Waals surface area contributed by atoms with Gasteiger partial charge in [-0.25, -0.2) is 0 Å². The molecule has 5 heteroatoms. The Morgan fingerprint density at radius 2 is 2.11 bits per heavy atom. The van der Waals surface area contributed by atoms with Crippen molar-refractivity contribution in [2.45, 2.75) is 44.3 Å². The van der Waals surface area contributed by atoms with Gasteiger partial charge in [0.25, 0.3) is 5.91 Å². The fraction of sp³-hybridized carbons (Fsp3) is 0.538. The maximum atomic E-state index is 12.1. The van der Waals surface area contributed by atoms with Crippen molar-refractivity contribution in [1.29, 1.82) is 0 Å². The predicted molar refractivity (Wildman–Crippen MR) is 70.1 cm³/mol. The molecule has 1 amide bonds. The Morgan fingerprint density at radius 3 is 2.67 bits per heavy atom. The molecule has 1 aromatic rings. The second-order valence-electron chi connectivity index (χ2n) is 5.08. The number of thiophene rings is 1. The van der Waals surface area contributed by atoms with Crippen molar-refractivity contribution < 1.29 is 9.59 Å². The minimum absolute atomic E-state index is 0.0145. The molecule has 2 bridgehead atoms. The zero-order valence-electron chi connectivity index (χ0n) is 10.2. The van der Waals surface area contributed by atoms with Crippen molar-refractivity contribution in [3.8, 4) is 0 Å². The molecule has 2 aliphatic rings. The van der Waals surface area contributed by atoms with Gasteiger partial charge in [0.1, 0.15) is 0 Å². The summed E-state index contributed by atoms with van der Waals surface area (Å²) in [4.78, 5) is 24.5. The highest BCUT2D eigenvalue weighted by Gasteiger charge is 2.39. The maximum absolute atomic E-state index is 12.1. The third-order valence-corrected chi connectivity index (χ3v) is 4.98. The van der Waals surface area contributed by atoms with Crippen LogP contribution in [-0.2, 0) is 0 Å². The minimum atomic E-state index is -0.0492. The summed E-state index contributed by atoms with van der Waals surface area (Å²) in [6, 6.07) is 4.72. The average molecular weight is 264 g/mol. The third-order valence-electron chi connectivity index (χ3n) is 3.79. The molecule has 0 spiro atoms. The Kier molecular flexibility index (Phi) is 2.95. The van der Waals surface area contributed by atoms with Crippen LogP contribution in [0.5, 0.6) is 0 Å². The number of Topliss-reactive ketones (excluding diaryl/α,β-unsaturated/α-hetero) is 1. The zero-order chi connectivity index (χ0) is 12.7. The average Bonchev–Trinajstić information content (AvgIpc) is 3.04. The van der Waals surface area contributed by atoms with Crippen molar-refractivity contribution in [3.05, 3.63) is 21.9 Å². The van der Waals surface area contributed by atoms with E-state index in [1.165, 1.54) is 24.7 Å². The lowest BCUT2D eigenvalue weighted by Gasteiger charge is -2.20. The molecule has 3 atom stereocenters. The van der Waals surface area contributed by atoms with Gasteiger partial charge in [-0.2, -0.15) is 0 Å². The number of rotatable bonds is 3. The molecule has 0 aliphatic carbocycles. The van der Waals surface area contributed by atoms with Gasteiger partial charge < -0.3 is 10.6 Å². The largest absolute Gasteiger partial charge is 0.347 e. The molecule has 18 heavy (non-hydrogen) atoms. The Hall–Kier alpha value is -1.20. The smallest absolute Gasteiger partial charge is 0.261 e. The summed E-state index contributed by atoms with van der Waals surface area (Å²) in [5.74, 6) is -0.0347. The quantitative estimate of drug-likeness (QED) is 0.815. The van der Waals surface area contributed by atoms with Gasteiger partial charge >= 0.3 is 0 Å². The number of hydrogen-bond donors (Lipinski definition) is 2. The van der Waals surface area contributed by atoms with Crippen molar-refractivity contribution in [2.75, 3.05) is 0 Å². The lowest BCUT2D eigenvalue weighted by molar-refractivity contribution is 0.0934. The van der Waals surface area contributed by atoms with Crippen LogP contribution < -0.4 is 10.6 Å². The van der Waals surface area contributed by atoms with E-state index in [0.717, 1.165) is 12.8 Å². The van der Waals surface area contributed by atoms with Crippen LogP contribution >= 0.6 is 11.3 Å². The standard InChI is InChI=1S/C13H16N2O2S/c1-7(16)11-4-5-12(18-11)13(17)15-10-6-8-2-3-9(10)14-8/h4-5,8-10,14H,2-3,6H2,1H3,(H,15,17)/t8-,9+,10-/m1/s1. The zero-order valence-corrected chi connectivity index (χ0v) is 11.0. The fourth-order valence-electron chi connectivity index (χ4n) is 2.87. The molecule has 2 fully saturated rings. The summed E-state index contributed by atoms with van der Waals surface area (Å²) in [6.07, 6.45) is 3.41. The van der Waals surface area contributed by atoms with E-state index in [1.807, 2.05) is 0 Å². The van der Waals surface area contributed by atoms with Crippen LogP contribution in [0.25, 0.3) is 0 Å². The van der Waals surface area contributed by atoms with E-state index in [2.05, 4.69) is 10.6 Å². The van der Waals surface area contributed by atoms with Crippen LogP contribution in [0.15, 0.2) is 12.1 Å². The Bertz CT molecular complexity index is 497. The Labute approximate surface area is 110 Å². The SMILES string of the molecule is CC(=O)c1ccc(C(=O)N[C@@H]2C[C@H]3CC[C@@H]2N3)s1. The molecule has 3 rings (SSSR count). The van der Waals surface area contributed by atoms with Gasteiger partial charge in [0.2, 0.25) is 0 Å². The molecular weight excluding hydrogens is 248 g/mol. The van der Waals surface area contributed by atoms with E-state index in [4.69, 9.17) is 0 Å². The molecule has 1 aromatic heterocycles. The van der Waals surface area contributed by atoms with Crippen molar-refractivity contribution in [2.24, 2.45) is 0 Å². The van der Waals surface area contributed by atoms with Gasteiger partial charge in [0, 0.05) is 18.1 Å². The molecule has 0 aromatic carbocycles. The molecule has 4 nitrogen and oxygen atoms in total. The van der Waals surface area contributed by atoms with Gasteiger partial charge in [0.05, 0.1) is 9.75 Å². The van der Waals surface area contributed by atoms with Crippen LogP contribution in [0, 0.1) is 0 Å². The summed E-state index contributed by atoms with van der Waals surface area (Å²) in [6.45, 7) is 1.52. The van der Waals surface area contributed by atoms with E-state index in [0.29, 0.717) is 21.8 Å². The number of fused-ring (bicyclic) bond motifs is 2. The summed E-state index contributed by atoms with van der Waals surface area (Å²) in [7, 11) is 0. The molecular formula is C13H16N2O2S. The van der Waals surface area contributed by atoms with Gasteiger partial charge in [-0.05, 0) is 38.3 Å². The highest BCUT2D eigenvalue weighted by molar-refractivity contribution is 7.15. The van der Waals surface area contributed by atoms with Crippen molar-refractivity contribution in [1.82, 2.24) is 10.6 Å². The highest BCUT2D eigenvalue weighted by Crippen LogP contribution is 2.28. The number of hydrogen-bond acceptors (Lipinski definition) is 4. The van der Waals surface area contributed by atoms with E-state index < -0.39 is 0 Å². The van der Waals surface area contributed by atoms with E-state index in [-0.39, 0.29) is 17.7 Å². The summed E-state index contributed by atoms with van der Waals surface area (Å²) < 4.78 is 0. The Morgan fingerprint density at radius 1 is 1.33 bits per heavy atom. The maximum Gasteiger partial charge on any atom is 0.261 e. The number of carbonyl (C=O) groups excluding carboxylic acids is 2. The molecule has 96 valence electrons. The second-order valence-corrected chi connectivity index (χ2v) is 6.17. The molecule has 0 saturated carbocycles. The van der Waals surface area contributed by atoms with Gasteiger partial charge in [0.15, 0.2) is 5.78 Å². The topological polar surface area (TPSA) is 58.2 Å². The number of ketones is 1. The van der Waals surface area contributed by atoms with Crippen LogP contribution in [0.2, 0.25) is 0 Å². The van der Waals surface area contributed by atoms with Crippen LogP contribution in [0.3, 0.4) is 0 Å². The summed E-state index contributed by atoms with van der Waals surface area (Å²) in [5, 5.41) is 6.57. The van der Waals surface area contributed by atoms with Gasteiger partial charge in [-0.3, -0.25) is 9.59 Å². The minimum Gasteiger partial charge on any atom is -0.347 e. The Balaban J connectivity index is 1.65. The van der Waals surface area contributed by atoms with Gasteiger partial charge in [-0.1, -0.05) is 0 Å². The second kappa shape index (κ2) is 4.48. The monoisotopic (exact) mass is 264 g/mol. The van der Waals surface area contributed by atoms with Crippen molar-refractivity contribution >= 4 is 23.0 Å². The predicted octanol–water partition coefficient (Wildman–Crippen LogP) is 1.57. The normalized spacial score (nSPS) is 29.5. The van der Waals surface area contributed by atoms with Crippen LogP contribution in [0.4, 0.5) is 0 Å². The molecule has 0 radical (unpaired) electrons. The first-order valence-corrected chi connectivity index (χ1v) is 7.13. The molecule has 2 N–H and O–H groups in total. The van der Waals surface area contributed by atoms with Crippen LogP contribution in [-0.4, -0.2) is 29.8 Å².